The molecule has 5 nitrogen and oxygen atoms in total. The van der Waals surface area contributed by atoms with Crippen molar-refractivity contribution in [1.82, 2.24) is 5.32 Å². The van der Waals surface area contributed by atoms with E-state index in [1.807, 2.05) is 13.8 Å². The monoisotopic (exact) mass is 293 g/mol. The maximum absolute atomic E-state index is 5.41. The van der Waals surface area contributed by atoms with Crippen LogP contribution in [0.25, 0.3) is 0 Å². The van der Waals surface area contributed by atoms with Crippen LogP contribution in [-0.2, 0) is 18.9 Å². The molecule has 1 N–H and O–H groups in total. The molecule has 0 fully saturated rings. The Morgan fingerprint density at radius 1 is 0.750 bits per heavy atom. The van der Waals surface area contributed by atoms with Crippen molar-refractivity contribution in [3.05, 3.63) is 0 Å². The van der Waals surface area contributed by atoms with Crippen LogP contribution in [0.15, 0.2) is 0 Å². The molecular formula is C15H35NO4. The second-order valence-corrected chi connectivity index (χ2v) is 4.43. The summed E-state index contributed by atoms with van der Waals surface area (Å²) in [5, 5.41) is 3.32. The third-order valence-corrected chi connectivity index (χ3v) is 2.15. The normalized spacial score (nSPS) is 10.5. The summed E-state index contributed by atoms with van der Waals surface area (Å²) < 4.78 is 20.9. The fourth-order valence-electron chi connectivity index (χ4n) is 1.22. The van der Waals surface area contributed by atoms with E-state index < -0.39 is 0 Å². The van der Waals surface area contributed by atoms with E-state index >= 15 is 0 Å². The van der Waals surface area contributed by atoms with E-state index in [-0.39, 0.29) is 0 Å². The van der Waals surface area contributed by atoms with Gasteiger partial charge in [0.1, 0.15) is 0 Å². The molecule has 0 aromatic rings. The topological polar surface area (TPSA) is 49.0 Å². The summed E-state index contributed by atoms with van der Waals surface area (Å²) in [5.74, 6) is 0.687. The average Bonchev–Trinajstić information content (AvgIpc) is 2.46. The van der Waals surface area contributed by atoms with E-state index in [1.54, 1.807) is 7.11 Å². The van der Waals surface area contributed by atoms with Gasteiger partial charge in [0.2, 0.25) is 0 Å². The zero-order chi connectivity index (χ0) is 15.5. The highest BCUT2D eigenvalue weighted by Gasteiger charge is 1.93. The predicted molar refractivity (Wildman–Crippen MR) is 83.4 cm³/mol. The highest BCUT2D eigenvalue weighted by molar-refractivity contribution is 4.49. The van der Waals surface area contributed by atoms with Crippen LogP contribution in [0.4, 0.5) is 0 Å². The molecular weight excluding hydrogens is 258 g/mol. The lowest BCUT2D eigenvalue weighted by atomic mass is 10.2. The molecule has 0 heterocycles. The lowest BCUT2D eigenvalue weighted by Gasteiger charge is -2.08. The highest BCUT2D eigenvalue weighted by Crippen LogP contribution is 1.86. The Balaban J connectivity index is 0. The number of rotatable bonds is 14. The lowest BCUT2D eigenvalue weighted by Crippen LogP contribution is -2.24. The van der Waals surface area contributed by atoms with Crippen molar-refractivity contribution >= 4 is 0 Å². The van der Waals surface area contributed by atoms with Gasteiger partial charge in [0, 0.05) is 13.7 Å². The Bertz CT molecular complexity index is 157. The van der Waals surface area contributed by atoms with Gasteiger partial charge in [-0.2, -0.15) is 0 Å². The molecule has 0 saturated carbocycles. The highest BCUT2D eigenvalue weighted by atomic mass is 16.6. The minimum Gasteiger partial charge on any atom is -0.382 e. The second kappa shape index (κ2) is 21.1. The van der Waals surface area contributed by atoms with E-state index in [4.69, 9.17) is 18.9 Å². The summed E-state index contributed by atoms with van der Waals surface area (Å²) in [5.41, 5.74) is 0. The van der Waals surface area contributed by atoms with Crippen molar-refractivity contribution in [2.24, 2.45) is 5.92 Å². The number of nitrogens with one attached hydrogen (secondary N) is 1. The van der Waals surface area contributed by atoms with Crippen LogP contribution in [0, 0.1) is 5.92 Å². The Kier molecular flexibility index (Phi) is 23.3. The van der Waals surface area contributed by atoms with Gasteiger partial charge in [-0.25, -0.2) is 0 Å². The summed E-state index contributed by atoms with van der Waals surface area (Å²) in [4.78, 5) is 0. The number of hydrogen-bond donors (Lipinski definition) is 1. The van der Waals surface area contributed by atoms with E-state index in [1.165, 1.54) is 0 Å². The SMILES string of the molecule is CC.COCCOCCOCCOCCNCC(C)C. The lowest BCUT2D eigenvalue weighted by molar-refractivity contribution is 0.00408. The van der Waals surface area contributed by atoms with Gasteiger partial charge in [0.05, 0.1) is 46.2 Å². The molecule has 0 atom stereocenters. The van der Waals surface area contributed by atoms with Gasteiger partial charge in [-0.15, -0.1) is 0 Å². The van der Waals surface area contributed by atoms with Gasteiger partial charge in [-0.3, -0.25) is 0 Å². The fraction of sp³-hybridized carbons (Fsp3) is 1.00. The van der Waals surface area contributed by atoms with E-state index in [2.05, 4.69) is 19.2 Å². The summed E-state index contributed by atoms with van der Waals surface area (Å²) >= 11 is 0. The zero-order valence-electron chi connectivity index (χ0n) is 14.1. The molecule has 0 amide bonds. The van der Waals surface area contributed by atoms with Crippen molar-refractivity contribution in [3.8, 4) is 0 Å². The fourth-order valence-corrected chi connectivity index (χ4v) is 1.22. The van der Waals surface area contributed by atoms with Crippen LogP contribution in [0.2, 0.25) is 0 Å². The second-order valence-electron chi connectivity index (χ2n) is 4.43. The van der Waals surface area contributed by atoms with Gasteiger partial charge in [-0.05, 0) is 12.5 Å². The van der Waals surface area contributed by atoms with Gasteiger partial charge in [0.15, 0.2) is 0 Å². The molecule has 0 aliphatic rings. The van der Waals surface area contributed by atoms with Gasteiger partial charge >= 0.3 is 0 Å². The van der Waals surface area contributed by atoms with Crippen molar-refractivity contribution in [2.75, 3.05) is 66.4 Å². The van der Waals surface area contributed by atoms with Crippen LogP contribution < -0.4 is 5.32 Å². The van der Waals surface area contributed by atoms with E-state index in [0.29, 0.717) is 45.6 Å². The maximum atomic E-state index is 5.41. The summed E-state index contributed by atoms with van der Waals surface area (Å²) in [7, 11) is 1.66. The van der Waals surface area contributed by atoms with Crippen LogP contribution in [0.3, 0.4) is 0 Å². The quantitative estimate of drug-likeness (QED) is 0.496. The first kappa shape index (κ1) is 22.1. The first-order chi connectivity index (χ1) is 9.77. The van der Waals surface area contributed by atoms with Gasteiger partial charge < -0.3 is 24.3 Å². The molecule has 0 rings (SSSR count). The Labute approximate surface area is 125 Å². The molecule has 0 spiro atoms. The minimum absolute atomic E-state index is 0.610. The van der Waals surface area contributed by atoms with Gasteiger partial charge in [0.25, 0.3) is 0 Å². The summed E-state index contributed by atoms with van der Waals surface area (Å²) in [6.07, 6.45) is 0. The predicted octanol–water partition coefficient (Wildman–Crippen LogP) is 1.95. The van der Waals surface area contributed by atoms with Crippen molar-refractivity contribution < 1.29 is 18.9 Å². The van der Waals surface area contributed by atoms with Gasteiger partial charge in [-0.1, -0.05) is 27.7 Å². The molecule has 0 aliphatic heterocycles. The Morgan fingerprint density at radius 2 is 1.20 bits per heavy atom. The van der Waals surface area contributed by atoms with Crippen LogP contribution in [0.5, 0.6) is 0 Å². The number of ether oxygens (including phenoxy) is 4. The zero-order valence-corrected chi connectivity index (χ0v) is 14.1. The van der Waals surface area contributed by atoms with Crippen LogP contribution >= 0.6 is 0 Å². The number of methoxy groups -OCH3 is 1. The molecule has 0 aromatic carbocycles. The molecule has 5 heteroatoms. The summed E-state index contributed by atoms with van der Waals surface area (Å²) in [6, 6.07) is 0. The van der Waals surface area contributed by atoms with Crippen molar-refractivity contribution in [2.45, 2.75) is 27.7 Å². The van der Waals surface area contributed by atoms with Crippen LogP contribution in [0.1, 0.15) is 27.7 Å². The molecule has 0 aromatic heterocycles. The van der Waals surface area contributed by atoms with Crippen molar-refractivity contribution in [1.29, 1.82) is 0 Å². The Hall–Kier alpha value is -0.200. The number of hydrogen-bond acceptors (Lipinski definition) is 5. The first-order valence-electron chi connectivity index (χ1n) is 7.70. The molecule has 0 aliphatic carbocycles. The van der Waals surface area contributed by atoms with Crippen molar-refractivity contribution in [3.63, 3.8) is 0 Å². The average molecular weight is 293 g/mol. The maximum Gasteiger partial charge on any atom is 0.0701 e. The van der Waals surface area contributed by atoms with E-state index in [0.717, 1.165) is 19.7 Å². The standard InChI is InChI=1S/C13H29NO4.C2H6/c1-13(2)12-14-4-5-16-8-9-18-11-10-17-7-6-15-3;1-2/h13-14H,4-12H2,1-3H3;1-2H3. The van der Waals surface area contributed by atoms with Crippen LogP contribution in [-0.4, -0.2) is 66.4 Å². The minimum atomic E-state index is 0.610. The van der Waals surface area contributed by atoms with E-state index in [9.17, 15) is 0 Å². The molecule has 20 heavy (non-hydrogen) atoms. The smallest absolute Gasteiger partial charge is 0.0701 e. The largest absolute Gasteiger partial charge is 0.382 e. The molecule has 0 saturated heterocycles. The molecule has 0 unspecified atom stereocenters. The third-order valence-electron chi connectivity index (χ3n) is 2.15. The molecule has 124 valence electrons. The summed E-state index contributed by atoms with van der Waals surface area (Å²) in [6.45, 7) is 14.8. The Morgan fingerprint density at radius 3 is 1.65 bits per heavy atom. The first-order valence-corrected chi connectivity index (χ1v) is 7.70. The molecule has 0 bridgehead atoms. The third kappa shape index (κ3) is 22.9. The molecule has 0 radical (unpaired) electrons.